The van der Waals surface area contributed by atoms with E-state index in [2.05, 4.69) is 4.99 Å². The molecule has 4 N–H and O–H groups in total. The highest BCUT2D eigenvalue weighted by molar-refractivity contribution is 5.92. The lowest BCUT2D eigenvalue weighted by Gasteiger charge is -2.10. The number of hydrazine groups is 1. The van der Waals surface area contributed by atoms with Crippen molar-refractivity contribution in [1.82, 2.24) is 15.0 Å². The molecule has 0 saturated heterocycles. The van der Waals surface area contributed by atoms with Crippen molar-refractivity contribution < 1.29 is 14.9 Å². The van der Waals surface area contributed by atoms with Crippen LogP contribution >= 0.6 is 0 Å². The summed E-state index contributed by atoms with van der Waals surface area (Å²) >= 11 is 0. The smallest absolute Gasteiger partial charge is 0.335 e. The predicted octanol–water partition coefficient (Wildman–Crippen LogP) is -0.625. The number of aromatic nitrogens is 2. The maximum Gasteiger partial charge on any atom is 0.335 e. The fourth-order valence-electron chi connectivity index (χ4n) is 1.87. The molecule has 12 heteroatoms. The van der Waals surface area contributed by atoms with Crippen LogP contribution in [-0.4, -0.2) is 39.0 Å². The first-order chi connectivity index (χ1) is 11.8. The van der Waals surface area contributed by atoms with Crippen molar-refractivity contribution >= 4 is 12.2 Å². The summed E-state index contributed by atoms with van der Waals surface area (Å²) in [6.45, 7) is 0. The number of rotatable bonds is 4. The third-order valence-electron chi connectivity index (χ3n) is 2.97. The van der Waals surface area contributed by atoms with E-state index < -0.39 is 33.7 Å². The highest BCUT2D eigenvalue weighted by atomic mass is 16.7. The Balaban J connectivity index is 2.51. The Kier molecular flexibility index (Phi) is 4.92. The van der Waals surface area contributed by atoms with E-state index >= 15 is 0 Å². The molecule has 1 heterocycles. The van der Waals surface area contributed by atoms with Crippen LogP contribution in [0.3, 0.4) is 0 Å². The zero-order valence-electron chi connectivity index (χ0n) is 12.7. The van der Waals surface area contributed by atoms with Crippen LogP contribution in [0.25, 0.3) is 5.69 Å². The average molecular weight is 348 g/mol. The minimum absolute atomic E-state index is 0.229. The van der Waals surface area contributed by atoms with E-state index in [9.17, 15) is 24.8 Å². The van der Waals surface area contributed by atoms with Gasteiger partial charge < -0.3 is 9.84 Å². The van der Waals surface area contributed by atoms with Crippen molar-refractivity contribution in [3.63, 3.8) is 0 Å². The summed E-state index contributed by atoms with van der Waals surface area (Å²) < 4.78 is 5.79. The van der Waals surface area contributed by atoms with E-state index in [1.165, 1.54) is 36.8 Å². The number of nitro groups is 1. The van der Waals surface area contributed by atoms with Crippen molar-refractivity contribution in [3.05, 3.63) is 60.8 Å². The fraction of sp³-hybridized carbons (Fsp3) is 0.0769. The maximum atomic E-state index is 12.0. The van der Waals surface area contributed by atoms with Crippen molar-refractivity contribution in [2.45, 2.75) is 0 Å². The summed E-state index contributed by atoms with van der Waals surface area (Å²) in [5.74, 6) is -1.09. The number of nitrogens with zero attached hydrogens (tertiary/aromatic N) is 3. The van der Waals surface area contributed by atoms with Crippen LogP contribution in [0.15, 0.2) is 38.8 Å². The van der Waals surface area contributed by atoms with E-state index in [-0.39, 0.29) is 5.69 Å². The van der Waals surface area contributed by atoms with Gasteiger partial charge in [0.1, 0.15) is 11.3 Å². The highest BCUT2D eigenvalue weighted by Gasteiger charge is 2.14. The first-order valence-electron chi connectivity index (χ1n) is 6.60. The molecule has 12 nitrogen and oxygen atoms in total. The van der Waals surface area contributed by atoms with Gasteiger partial charge in [0.15, 0.2) is 5.03 Å². The van der Waals surface area contributed by atoms with Gasteiger partial charge in [0.2, 0.25) is 5.88 Å². The molecular weight excluding hydrogens is 336 g/mol. The summed E-state index contributed by atoms with van der Waals surface area (Å²) in [7, 11) is 1.46. The summed E-state index contributed by atoms with van der Waals surface area (Å²) in [6, 6.07) is 6.01. The lowest BCUT2D eigenvalue weighted by Crippen LogP contribution is -2.32. The van der Waals surface area contributed by atoms with Crippen molar-refractivity contribution in [2.75, 3.05) is 7.11 Å². The second-order valence-corrected chi connectivity index (χ2v) is 4.51. The van der Waals surface area contributed by atoms with Crippen LogP contribution in [0, 0.1) is 15.5 Å². The Morgan fingerprint density at radius 2 is 2.08 bits per heavy atom. The van der Waals surface area contributed by atoms with Gasteiger partial charge >= 0.3 is 5.69 Å². The third-order valence-corrected chi connectivity index (χ3v) is 2.97. The van der Waals surface area contributed by atoms with E-state index in [4.69, 9.17) is 10.1 Å². The van der Waals surface area contributed by atoms with Gasteiger partial charge in [0.05, 0.1) is 12.8 Å². The molecule has 1 aromatic carbocycles. The molecule has 0 saturated carbocycles. The molecule has 0 aliphatic heterocycles. The van der Waals surface area contributed by atoms with Gasteiger partial charge in [-0.25, -0.2) is 24.5 Å². The van der Waals surface area contributed by atoms with E-state index in [0.29, 0.717) is 5.75 Å². The van der Waals surface area contributed by atoms with Gasteiger partial charge in [-0.05, 0) is 24.3 Å². The van der Waals surface area contributed by atoms with Gasteiger partial charge in [0, 0.05) is 6.21 Å². The Hall–Kier alpha value is -3.96. The van der Waals surface area contributed by atoms with Gasteiger partial charge in [-0.3, -0.25) is 15.2 Å². The molecule has 1 aromatic heterocycles. The van der Waals surface area contributed by atoms with Crippen LogP contribution in [-0.2, 0) is 0 Å². The lowest BCUT2D eigenvalue weighted by molar-refractivity contribution is -0.525. The molecule has 130 valence electrons. The number of benzene rings is 1. The lowest BCUT2D eigenvalue weighted by atomic mass is 10.2. The fourth-order valence-corrected chi connectivity index (χ4v) is 1.87. The van der Waals surface area contributed by atoms with Gasteiger partial charge in [-0.2, -0.15) is 0 Å². The number of aromatic amines is 1. The molecule has 0 atom stereocenters. The number of ether oxygens (including phenoxy) is 1. The summed E-state index contributed by atoms with van der Waals surface area (Å²) in [5.41, 5.74) is -0.638. The summed E-state index contributed by atoms with van der Waals surface area (Å²) in [4.78, 5) is 39.3. The molecule has 0 fully saturated rings. The van der Waals surface area contributed by atoms with Gasteiger partial charge in [-0.15, -0.1) is 0 Å². The maximum absolute atomic E-state index is 12.0. The Morgan fingerprint density at radius 1 is 1.44 bits per heavy atom. The number of aliphatic imine (C=N–C) groups is 1. The molecule has 0 aliphatic rings. The second kappa shape index (κ2) is 7.08. The summed E-state index contributed by atoms with van der Waals surface area (Å²) in [5, 5.41) is 26.6. The molecule has 0 radical (unpaired) electrons. The number of hydrogen-bond donors (Lipinski definition) is 4. The first-order valence-corrected chi connectivity index (χ1v) is 6.60. The third kappa shape index (κ3) is 3.87. The van der Waals surface area contributed by atoms with E-state index in [0.717, 1.165) is 10.8 Å². The molecular formula is C13H12N6O6. The minimum atomic E-state index is -1.01. The average Bonchev–Trinajstić information content (AvgIpc) is 2.54. The molecule has 0 amide bonds. The van der Waals surface area contributed by atoms with Gasteiger partial charge in [0.25, 0.3) is 11.5 Å². The van der Waals surface area contributed by atoms with Crippen LogP contribution in [0.4, 0.5) is 0 Å². The second-order valence-electron chi connectivity index (χ2n) is 4.51. The van der Waals surface area contributed by atoms with Crippen LogP contribution in [0.5, 0.6) is 11.6 Å². The highest BCUT2D eigenvalue weighted by Crippen LogP contribution is 2.18. The SMILES string of the molecule is COc1ccc(-n2c(O)c(C=NC(=N)N[N+](=O)[O-])c(=O)[nH]c2=O)cc1. The predicted molar refractivity (Wildman–Crippen MR) is 86.3 cm³/mol. The standard InChI is InChI=1S/C13H12N6O6/c1-25-8-4-2-7(3-5-8)18-11(21)9(10(20)16-13(18)22)6-15-12(14)17-19(23)24/h2-6,21H,1H3,(H2,14,17)(H,16,20,22). The van der Waals surface area contributed by atoms with Crippen molar-refractivity contribution in [3.8, 4) is 17.3 Å². The molecule has 25 heavy (non-hydrogen) atoms. The molecule has 2 rings (SSSR count). The normalized spacial score (nSPS) is 10.6. The van der Waals surface area contributed by atoms with Crippen LogP contribution in [0.2, 0.25) is 0 Å². The Bertz CT molecular complexity index is 958. The zero-order valence-corrected chi connectivity index (χ0v) is 12.7. The monoisotopic (exact) mass is 348 g/mol. The minimum Gasteiger partial charge on any atom is -0.497 e. The first kappa shape index (κ1) is 17.4. The topological polar surface area (TPSA) is 176 Å². The van der Waals surface area contributed by atoms with E-state index in [1.54, 1.807) is 0 Å². The zero-order chi connectivity index (χ0) is 18.6. The number of guanidine groups is 1. The number of hydrogen-bond acceptors (Lipinski definition) is 7. The summed E-state index contributed by atoms with van der Waals surface area (Å²) in [6.07, 6.45) is 0.729. The Labute approximate surface area is 138 Å². The van der Waals surface area contributed by atoms with E-state index in [1.807, 2.05) is 4.98 Å². The van der Waals surface area contributed by atoms with Crippen LogP contribution < -0.4 is 21.4 Å². The number of methoxy groups -OCH3 is 1. The molecule has 0 aliphatic carbocycles. The number of aromatic hydroxyl groups is 1. The molecule has 2 aromatic rings. The van der Waals surface area contributed by atoms with Crippen molar-refractivity contribution in [1.29, 1.82) is 5.41 Å². The van der Waals surface area contributed by atoms with Crippen LogP contribution in [0.1, 0.15) is 5.56 Å². The Morgan fingerprint density at radius 3 is 2.64 bits per heavy atom. The quantitative estimate of drug-likeness (QED) is 0.246. The van der Waals surface area contributed by atoms with Gasteiger partial charge in [-0.1, -0.05) is 5.43 Å². The largest absolute Gasteiger partial charge is 0.497 e. The molecule has 0 unspecified atom stereocenters. The number of H-pyrrole nitrogens is 1. The molecule has 0 spiro atoms. The molecule has 0 bridgehead atoms. The van der Waals surface area contributed by atoms with Crippen molar-refractivity contribution in [2.24, 2.45) is 4.99 Å². The number of nitrogens with one attached hydrogen (secondary N) is 3.